The number of hydrogen-bond donors (Lipinski definition) is 0. The molecule has 0 unspecified atom stereocenters. The lowest BCUT2D eigenvalue weighted by Gasteiger charge is -2.27. The minimum atomic E-state index is -1.04. The molecule has 0 N–H and O–H groups in total. The number of hydrogen-bond acceptors (Lipinski definition) is 10. The van der Waals surface area contributed by atoms with Gasteiger partial charge in [0.2, 0.25) is 11.8 Å². The molecular weight excluding hydrogens is 494 g/mol. The summed E-state index contributed by atoms with van der Waals surface area (Å²) in [5.74, 6) is -0.891. The average molecular weight is 528 g/mol. The van der Waals surface area contributed by atoms with E-state index in [-0.39, 0.29) is 42.8 Å². The Labute approximate surface area is 220 Å². The van der Waals surface area contributed by atoms with Crippen LogP contribution < -0.4 is 9.64 Å². The number of imidazole rings is 1. The number of imide groups is 1. The van der Waals surface area contributed by atoms with Gasteiger partial charge in [-0.15, -0.1) is 4.90 Å². The summed E-state index contributed by atoms with van der Waals surface area (Å²) in [6.07, 6.45) is -0.714. The van der Waals surface area contributed by atoms with Gasteiger partial charge in [-0.05, 0) is 54.0 Å². The van der Waals surface area contributed by atoms with Gasteiger partial charge in [0, 0.05) is 0 Å². The largest absolute Gasteiger partial charge is 0.471 e. The quantitative estimate of drug-likeness (QED) is 0.316. The van der Waals surface area contributed by atoms with Gasteiger partial charge in [-0.25, -0.2) is 14.6 Å². The molecule has 2 heterocycles. The van der Waals surface area contributed by atoms with E-state index >= 15 is 0 Å². The van der Waals surface area contributed by atoms with Gasteiger partial charge in [-0.3, -0.25) is 4.79 Å². The molecule has 0 aliphatic rings. The van der Waals surface area contributed by atoms with Crippen molar-refractivity contribution in [1.29, 1.82) is 0 Å². The molecule has 12 nitrogen and oxygen atoms in total. The highest BCUT2D eigenvalue weighted by atomic mass is 16.6. The van der Waals surface area contributed by atoms with Gasteiger partial charge in [-0.1, -0.05) is 30.3 Å². The zero-order valence-corrected chi connectivity index (χ0v) is 22.7. The molecule has 0 fully saturated rings. The molecule has 0 saturated carbocycles. The number of nitrogens with zero attached hydrogens (tertiary/aromatic N) is 5. The number of esters is 1. The average Bonchev–Trinajstić information content (AvgIpc) is 3.18. The summed E-state index contributed by atoms with van der Waals surface area (Å²) in [4.78, 5) is 52.2. The molecule has 1 aromatic carbocycles. The molecule has 0 radical (unpaired) electrons. The predicted octanol–water partition coefficient (Wildman–Crippen LogP) is 4.65. The van der Waals surface area contributed by atoms with Gasteiger partial charge in [0.15, 0.2) is 11.2 Å². The van der Waals surface area contributed by atoms with E-state index in [1.807, 2.05) is 30.3 Å². The molecule has 204 valence electrons. The summed E-state index contributed by atoms with van der Waals surface area (Å²) < 4.78 is 23.3. The van der Waals surface area contributed by atoms with Crippen LogP contribution in [0.2, 0.25) is 0 Å². The number of amides is 2. The maximum absolute atomic E-state index is 13.2. The molecular formula is C26H33N5O7. The number of carbonyl (C=O) groups excluding carboxylic acids is 3. The van der Waals surface area contributed by atoms with Gasteiger partial charge < -0.3 is 23.5 Å². The normalized spacial score (nSPS) is 11.7. The summed E-state index contributed by atoms with van der Waals surface area (Å²) in [5.41, 5.74) is -0.645. The Morgan fingerprint density at radius 2 is 1.53 bits per heavy atom. The van der Waals surface area contributed by atoms with E-state index in [1.54, 1.807) is 48.5 Å². The fraction of sp³-hybridized carbons (Fsp3) is 0.462. The Hall–Kier alpha value is -4.22. The van der Waals surface area contributed by atoms with Crippen molar-refractivity contribution >= 4 is 35.3 Å². The van der Waals surface area contributed by atoms with E-state index in [0.29, 0.717) is 4.90 Å². The van der Waals surface area contributed by atoms with Gasteiger partial charge in [0.25, 0.3) is 0 Å². The maximum Gasteiger partial charge on any atom is 0.427 e. The molecule has 0 atom stereocenters. The highest BCUT2D eigenvalue weighted by Crippen LogP contribution is 2.27. The zero-order chi connectivity index (χ0) is 28.1. The van der Waals surface area contributed by atoms with Crippen molar-refractivity contribution in [3.8, 4) is 5.88 Å². The fourth-order valence-electron chi connectivity index (χ4n) is 3.15. The number of anilines is 1. The van der Waals surface area contributed by atoms with Crippen molar-refractivity contribution in [2.45, 2.75) is 72.8 Å². The summed E-state index contributed by atoms with van der Waals surface area (Å²) in [6, 6.07) is 9.33. The lowest BCUT2D eigenvalue weighted by atomic mass is 10.2. The lowest BCUT2D eigenvalue weighted by molar-refractivity contribution is -0.143. The summed E-state index contributed by atoms with van der Waals surface area (Å²) >= 11 is 0. The van der Waals surface area contributed by atoms with E-state index in [9.17, 15) is 14.4 Å². The molecule has 0 spiro atoms. The molecule has 0 saturated heterocycles. The topological polar surface area (TPSA) is 135 Å². The molecule has 12 heteroatoms. The van der Waals surface area contributed by atoms with Crippen LogP contribution in [0.25, 0.3) is 11.2 Å². The molecule has 0 bridgehead atoms. The molecule has 0 aliphatic heterocycles. The molecule has 2 aromatic heterocycles. The third kappa shape index (κ3) is 7.64. The van der Waals surface area contributed by atoms with Crippen molar-refractivity contribution < 1.29 is 33.3 Å². The second kappa shape index (κ2) is 11.4. The second-order valence-corrected chi connectivity index (χ2v) is 10.2. The first kappa shape index (κ1) is 28.4. The van der Waals surface area contributed by atoms with Crippen LogP contribution >= 0.6 is 0 Å². The van der Waals surface area contributed by atoms with Crippen LogP contribution in [0.15, 0.2) is 36.7 Å². The summed E-state index contributed by atoms with van der Waals surface area (Å²) in [6.45, 7) is 11.7. The minimum absolute atomic E-state index is 0.00595. The number of fused-ring (bicyclic) bond motifs is 1. The first-order valence-electron chi connectivity index (χ1n) is 12.1. The standard InChI is InChI=1S/C26H33N5O7/c1-8-35-18(32)14-30-16-27-19-20(30)28-22(29-21(19)36-15-17-12-10-9-11-13-17)31(23(33)37-25(2,3)4)24(34)38-26(5,6)7/h9-13,16H,8,14-15H2,1-7H3. The number of rotatable bonds is 7. The van der Waals surface area contributed by atoms with Crippen molar-refractivity contribution in [2.24, 2.45) is 0 Å². The molecule has 38 heavy (non-hydrogen) atoms. The van der Waals surface area contributed by atoms with Gasteiger partial charge in [0.05, 0.1) is 12.9 Å². The van der Waals surface area contributed by atoms with Gasteiger partial charge in [-0.2, -0.15) is 9.97 Å². The van der Waals surface area contributed by atoms with E-state index in [2.05, 4.69) is 15.0 Å². The Morgan fingerprint density at radius 1 is 0.921 bits per heavy atom. The van der Waals surface area contributed by atoms with Gasteiger partial charge in [0.1, 0.15) is 24.4 Å². The fourth-order valence-corrected chi connectivity index (χ4v) is 3.15. The monoisotopic (exact) mass is 527 g/mol. The SMILES string of the molecule is CCOC(=O)Cn1cnc2c(OCc3ccccc3)nc(N(C(=O)OC(C)(C)C)C(=O)OC(C)(C)C)nc21. The third-order valence-electron chi connectivity index (χ3n) is 4.60. The van der Waals surface area contributed by atoms with Crippen LogP contribution in [0.4, 0.5) is 15.5 Å². The highest BCUT2D eigenvalue weighted by Gasteiger charge is 2.36. The van der Waals surface area contributed by atoms with Crippen LogP contribution in [0.5, 0.6) is 5.88 Å². The van der Waals surface area contributed by atoms with E-state index in [1.165, 1.54) is 10.9 Å². The van der Waals surface area contributed by atoms with Gasteiger partial charge >= 0.3 is 18.2 Å². The van der Waals surface area contributed by atoms with Crippen LogP contribution in [0.1, 0.15) is 54.0 Å². The zero-order valence-electron chi connectivity index (χ0n) is 22.7. The van der Waals surface area contributed by atoms with Crippen LogP contribution in [-0.4, -0.2) is 55.5 Å². The Kier molecular flexibility index (Phi) is 8.54. The Bertz CT molecular complexity index is 1270. The first-order chi connectivity index (χ1) is 17.8. The van der Waals surface area contributed by atoms with Crippen LogP contribution in [0, 0.1) is 0 Å². The number of ether oxygens (including phenoxy) is 4. The third-order valence-corrected chi connectivity index (χ3v) is 4.60. The molecule has 3 aromatic rings. The van der Waals surface area contributed by atoms with E-state index in [4.69, 9.17) is 18.9 Å². The van der Waals surface area contributed by atoms with Crippen LogP contribution in [0.3, 0.4) is 0 Å². The number of aromatic nitrogens is 4. The van der Waals surface area contributed by atoms with Crippen molar-refractivity contribution in [2.75, 3.05) is 11.5 Å². The van der Waals surface area contributed by atoms with Crippen molar-refractivity contribution in [1.82, 2.24) is 19.5 Å². The van der Waals surface area contributed by atoms with Crippen LogP contribution in [-0.2, 0) is 32.2 Å². The summed E-state index contributed by atoms with van der Waals surface area (Å²) in [5, 5.41) is 0. The van der Waals surface area contributed by atoms with E-state index < -0.39 is 29.4 Å². The van der Waals surface area contributed by atoms with Crippen molar-refractivity contribution in [3.05, 3.63) is 42.2 Å². The predicted molar refractivity (Wildman–Crippen MR) is 138 cm³/mol. The number of benzene rings is 1. The molecule has 3 rings (SSSR count). The number of carbonyl (C=O) groups is 3. The Balaban J connectivity index is 2.13. The summed E-state index contributed by atoms with van der Waals surface area (Å²) in [7, 11) is 0. The minimum Gasteiger partial charge on any atom is -0.471 e. The highest BCUT2D eigenvalue weighted by molar-refractivity contribution is 6.08. The maximum atomic E-state index is 13.2. The first-order valence-corrected chi connectivity index (χ1v) is 12.1. The lowest BCUT2D eigenvalue weighted by Crippen LogP contribution is -2.44. The second-order valence-electron chi connectivity index (χ2n) is 10.2. The van der Waals surface area contributed by atoms with Crippen molar-refractivity contribution in [3.63, 3.8) is 0 Å². The van der Waals surface area contributed by atoms with E-state index in [0.717, 1.165) is 5.56 Å². The Morgan fingerprint density at radius 3 is 2.08 bits per heavy atom. The molecule has 0 aliphatic carbocycles. The molecule has 2 amide bonds. The smallest absolute Gasteiger partial charge is 0.427 e.